The van der Waals surface area contributed by atoms with Crippen molar-refractivity contribution >= 4 is 62.8 Å². The lowest BCUT2D eigenvalue weighted by molar-refractivity contribution is -0.136. The Morgan fingerprint density at radius 2 is 1.76 bits per heavy atom. The van der Waals surface area contributed by atoms with Crippen molar-refractivity contribution in [1.82, 2.24) is 5.43 Å². The van der Waals surface area contributed by atoms with Crippen LogP contribution < -0.4 is 20.2 Å². The molecule has 0 atom stereocenters. The van der Waals surface area contributed by atoms with Gasteiger partial charge in [0.2, 0.25) is 0 Å². The fourth-order valence-corrected chi connectivity index (χ4v) is 3.66. The lowest BCUT2D eigenvalue weighted by atomic mass is 10.2. The summed E-state index contributed by atoms with van der Waals surface area (Å²) in [5.41, 5.74) is 4.07. The van der Waals surface area contributed by atoms with Crippen LogP contribution in [0.25, 0.3) is 0 Å². The summed E-state index contributed by atoms with van der Waals surface area (Å²) in [4.78, 5) is 24.0. The molecule has 10 heteroatoms. The molecule has 0 aliphatic carbocycles. The SMILES string of the molecule is CCOc1cc(/C=N/NC(=O)C(=O)Nc2ccc(Cl)cc2)cc(Br)c1OCc1ccccc1Cl. The van der Waals surface area contributed by atoms with Gasteiger partial charge in [-0.2, -0.15) is 5.10 Å². The van der Waals surface area contributed by atoms with Crippen LogP contribution in [-0.2, 0) is 16.2 Å². The molecule has 0 aliphatic heterocycles. The topological polar surface area (TPSA) is 89.0 Å². The smallest absolute Gasteiger partial charge is 0.329 e. The minimum Gasteiger partial charge on any atom is -0.490 e. The van der Waals surface area contributed by atoms with Crippen LogP contribution >= 0.6 is 39.1 Å². The molecule has 2 amide bonds. The summed E-state index contributed by atoms with van der Waals surface area (Å²) >= 11 is 15.5. The molecule has 2 N–H and O–H groups in total. The fourth-order valence-electron chi connectivity index (χ4n) is 2.77. The number of hydrogen-bond donors (Lipinski definition) is 2. The maximum atomic E-state index is 12.0. The Balaban J connectivity index is 1.65. The van der Waals surface area contributed by atoms with Crippen LogP contribution in [0.4, 0.5) is 5.69 Å². The normalized spacial score (nSPS) is 10.7. The number of carbonyl (C=O) groups is 2. The van der Waals surface area contributed by atoms with Crippen LogP contribution in [0.15, 0.2) is 70.2 Å². The molecule has 0 saturated carbocycles. The summed E-state index contributed by atoms with van der Waals surface area (Å²) in [5, 5.41) is 7.43. The number of nitrogens with zero attached hydrogens (tertiary/aromatic N) is 1. The largest absolute Gasteiger partial charge is 0.490 e. The predicted molar refractivity (Wildman–Crippen MR) is 137 cm³/mol. The van der Waals surface area contributed by atoms with Gasteiger partial charge in [0.05, 0.1) is 17.3 Å². The number of hydrazone groups is 1. The van der Waals surface area contributed by atoms with Gasteiger partial charge in [0, 0.05) is 21.3 Å². The molecule has 0 fully saturated rings. The molecule has 3 rings (SSSR count). The van der Waals surface area contributed by atoms with E-state index in [1.54, 1.807) is 42.5 Å². The Hall–Kier alpha value is -3.07. The Bertz CT molecular complexity index is 1200. The highest BCUT2D eigenvalue weighted by Crippen LogP contribution is 2.37. The summed E-state index contributed by atoms with van der Waals surface area (Å²) < 4.78 is 12.3. The molecule has 0 aromatic heterocycles. The number of nitrogens with one attached hydrogen (secondary N) is 2. The third-order valence-corrected chi connectivity index (χ3v) is 5.56. The first-order chi connectivity index (χ1) is 16.4. The second-order valence-electron chi connectivity index (χ2n) is 6.80. The van der Waals surface area contributed by atoms with Gasteiger partial charge in [-0.25, -0.2) is 5.43 Å². The molecule has 0 saturated heterocycles. The highest BCUT2D eigenvalue weighted by atomic mass is 79.9. The molecule has 0 heterocycles. The van der Waals surface area contributed by atoms with Crippen LogP contribution in [0.3, 0.4) is 0 Å². The van der Waals surface area contributed by atoms with Crippen molar-refractivity contribution < 1.29 is 19.1 Å². The molecule has 0 aliphatic rings. The molecule has 0 spiro atoms. The average molecular weight is 565 g/mol. The maximum Gasteiger partial charge on any atom is 0.329 e. The third kappa shape index (κ3) is 7.21. The molecular formula is C24H20BrCl2N3O4. The Morgan fingerprint density at radius 1 is 1.03 bits per heavy atom. The standard InChI is InChI=1S/C24H20BrCl2N3O4/c1-2-33-21-12-15(11-19(25)22(21)34-14-16-5-3-4-6-20(16)27)13-28-30-24(32)23(31)29-18-9-7-17(26)8-10-18/h3-13H,2,14H2,1H3,(H,29,31)(H,30,32)/b28-13+. The van der Waals surface area contributed by atoms with Crippen LogP contribution in [0, 0.1) is 0 Å². The molecule has 0 radical (unpaired) electrons. The van der Waals surface area contributed by atoms with E-state index in [1.807, 2.05) is 25.1 Å². The van der Waals surface area contributed by atoms with Crippen LogP contribution in [0.2, 0.25) is 10.0 Å². The van der Waals surface area contributed by atoms with Gasteiger partial charge in [-0.05, 0) is 70.9 Å². The Labute approximate surface area is 215 Å². The van der Waals surface area contributed by atoms with E-state index < -0.39 is 11.8 Å². The monoisotopic (exact) mass is 563 g/mol. The number of hydrogen-bond acceptors (Lipinski definition) is 5. The quantitative estimate of drug-likeness (QED) is 0.205. The first-order valence-corrected chi connectivity index (χ1v) is 11.6. The third-order valence-electron chi connectivity index (χ3n) is 4.35. The number of halogens is 3. The summed E-state index contributed by atoms with van der Waals surface area (Å²) in [6.45, 7) is 2.52. The van der Waals surface area contributed by atoms with Gasteiger partial charge in [0.1, 0.15) is 6.61 Å². The van der Waals surface area contributed by atoms with Crippen molar-refractivity contribution in [3.8, 4) is 11.5 Å². The minimum atomic E-state index is -0.921. The van der Waals surface area contributed by atoms with E-state index in [9.17, 15) is 9.59 Å². The molecule has 0 unspecified atom stereocenters. The van der Waals surface area contributed by atoms with Gasteiger partial charge in [0.15, 0.2) is 11.5 Å². The second kappa shape index (κ2) is 12.4. The zero-order valence-electron chi connectivity index (χ0n) is 18.0. The summed E-state index contributed by atoms with van der Waals surface area (Å²) in [5.74, 6) is -0.795. The highest BCUT2D eigenvalue weighted by molar-refractivity contribution is 9.10. The van der Waals surface area contributed by atoms with Gasteiger partial charge in [0.25, 0.3) is 0 Å². The van der Waals surface area contributed by atoms with Crippen molar-refractivity contribution in [1.29, 1.82) is 0 Å². The predicted octanol–water partition coefficient (Wildman–Crippen LogP) is 5.82. The maximum absolute atomic E-state index is 12.0. The molecule has 7 nitrogen and oxygen atoms in total. The summed E-state index contributed by atoms with van der Waals surface area (Å²) in [7, 11) is 0. The molecule has 3 aromatic rings. The lowest BCUT2D eigenvalue weighted by Crippen LogP contribution is -2.32. The Kier molecular flexibility index (Phi) is 9.33. The molecular weight excluding hydrogens is 545 g/mol. The fraction of sp³-hybridized carbons (Fsp3) is 0.125. The summed E-state index contributed by atoms with van der Waals surface area (Å²) in [6.07, 6.45) is 1.39. The first-order valence-electron chi connectivity index (χ1n) is 10.1. The highest BCUT2D eigenvalue weighted by Gasteiger charge is 2.14. The van der Waals surface area contributed by atoms with E-state index in [0.717, 1.165) is 5.56 Å². The van der Waals surface area contributed by atoms with E-state index in [0.29, 0.717) is 43.9 Å². The van der Waals surface area contributed by atoms with Gasteiger partial charge < -0.3 is 14.8 Å². The Morgan fingerprint density at radius 3 is 2.47 bits per heavy atom. The number of rotatable bonds is 8. The number of carbonyl (C=O) groups excluding carboxylic acids is 2. The number of benzene rings is 3. The number of amides is 2. The zero-order valence-corrected chi connectivity index (χ0v) is 21.1. The minimum absolute atomic E-state index is 0.255. The van der Waals surface area contributed by atoms with Crippen molar-refractivity contribution in [2.75, 3.05) is 11.9 Å². The van der Waals surface area contributed by atoms with E-state index >= 15 is 0 Å². The molecule has 176 valence electrons. The van der Waals surface area contributed by atoms with E-state index in [1.165, 1.54) is 6.21 Å². The van der Waals surface area contributed by atoms with Crippen LogP contribution in [-0.4, -0.2) is 24.6 Å². The first kappa shape index (κ1) is 25.6. The van der Waals surface area contributed by atoms with E-state index in [2.05, 4.69) is 31.8 Å². The van der Waals surface area contributed by atoms with Crippen LogP contribution in [0.5, 0.6) is 11.5 Å². The van der Waals surface area contributed by atoms with Gasteiger partial charge in [-0.15, -0.1) is 0 Å². The van der Waals surface area contributed by atoms with E-state index in [4.69, 9.17) is 32.7 Å². The number of anilines is 1. The van der Waals surface area contributed by atoms with E-state index in [-0.39, 0.29) is 6.61 Å². The van der Waals surface area contributed by atoms with Crippen molar-refractivity contribution in [2.24, 2.45) is 5.10 Å². The second-order valence-corrected chi connectivity index (χ2v) is 8.50. The summed E-state index contributed by atoms with van der Waals surface area (Å²) in [6, 6.07) is 17.2. The van der Waals surface area contributed by atoms with Gasteiger partial charge >= 0.3 is 11.8 Å². The zero-order chi connectivity index (χ0) is 24.5. The average Bonchev–Trinajstić information content (AvgIpc) is 2.81. The lowest BCUT2D eigenvalue weighted by Gasteiger charge is -2.15. The molecule has 34 heavy (non-hydrogen) atoms. The van der Waals surface area contributed by atoms with Crippen molar-refractivity contribution in [3.05, 3.63) is 86.3 Å². The van der Waals surface area contributed by atoms with Crippen LogP contribution in [0.1, 0.15) is 18.1 Å². The molecule has 0 bridgehead atoms. The van der Waals surface area contributed by atoms with Gasteiger partial charge in [-0.3, -0.25) is 9.59 Å². The van der Waals surface area contributed by atoms with Gasteiger partial charge in [-0.1, -0.05) is 41.4 Å². The van der Waals surface area contributed by atoms with Crippen molar-refractivity contribution in [2.45, 2.75) is 13.5 Å². The van der Waals surface area contributed by atoms with Crippen molar-refractivity contribution in [3.63, 3.8) is 0 Å². The number of ether oxygens (including phenoxy) is 2. The molecule has 3 aromatic carbocycles.